The molecule has 2 aromatic carbocycles. The number of hydrogen-bond donors (Lipinski definition) is 2. The average molecular weight is 519 g/mol. The summed E-state index contributed by atoms with van der Waals surface area (Å²) in [4.78, 5) is 4.26. The zero-order valence-electron chi connectivity index (χ0n) is 16.2. The van der Waals surface area contributed by atoms with Crippen LogP contribution < -0.4 is 25.3 Å². The summed E-state index contributed by atoms with van der Waals surface area (Å²) in [5, 5.41) is 2.98. The Hall–Kier alpha value is -2.30. The number of anilines is 1. The van der Waals surface area contributed by atoms with Crippen molar-refractivity contribution in [1.82, 2.24) is 0 Å². The molecule has 3 rings (SSSR count). The number of guanidine groups is 1. The van der Waals surface area contributed by atoms with Gasteiger partial charge in [-0.3, -0.25) is 0 Å². The van der Waals surface area contributed by atoms with E-state index in [9.17, 15) is 8.78 Å². The summed E-state index contributed by atoms with van der Waals surface area (Å²) in [5.41, 5.74) is 5.84. The van der Waals surface area contributed by atoms with E-state index in [0.717, 1.165) is 24.6 Å². The minimum absolute atomic E-state index is 0. The Morgan fingerprint density at radius 3 is 2.45 bits per heavy atom. The maximum atomic E-state index is 13.3. The predicted octanol–water partition coefficient (Wildman–Crippen LogP) is 4.33. The van der Waals surface area contributed by atoms with E-state index in [1.165, 1.54) is 0 Å². The molecular weight excluding hydrogens is 495 g/mol. The highest BCUT2D eigenvalue weighted by Crippen LogP contribution is 2.32. The molecule has 0 saturated carbocycles. The van der Waals surface area contributed by atoms with Gasteiger partial charge >= 0.3 is 0 Å². The summed E-state index contributed by atoms with van der Waals surface area (Å²) < 4.78 is 43.5. The maximum absolute atomic E-state index is 13.3. The topological polar surface area (TPSA) is 78.1 Å². The van der Waals surface area contributed by atoms with Gasteiger partial charge in [0.1, 0.15) is 23.0 Å². The largest absolute Gasteiger partial charge is 0.490 e. The van der Waals surface area contributed by atoms with E-state index in [-0.39, 0.29) is 42.2 Å². The van der Waals surface area contributed by atoms with Crippen LogP contribution in [0.2, 0.25) is 0 Å². The van der Waals surface area contributed by atoms with Gasteiger partial charge in [-0.15, -0.1) is 24.0 Å². The SMILES string of the molecule is CC(C)(CN=C(N)Nc1ccc2c(c1)OCCCO2)Oc1cc(F)cc(F)c1.I. The summed E-state index contributed by atoms with van der Waals surface area (Å²) in [6.07, 6.45) is 0.825. The van der Waals surface area contributed by atoms with E-state index in [0.29, 0.717) is 30.4 Å². The van der Waals surface area contributed by atoms with Gasteiger partial charge in [0.2, 0.25) is 0 Å². The number of nitrogens with zero attached hydrogens (tertiary/aromatic N) is 1. The van der Waals surface area contributed by atoms with Crippen LogP contribution >= 0.6 is 24.0 Å². The number of aliphatic imine (C=N–C) groups is 1. The molecule has 0 fully saturated rings. The minimum Gasteiger partial charge on any atom is -0.490 e. The van der Waals surface area contributed by atoms with Crippen molar-refractivity contribution < 1.29 is 23.0 Å². The highest BCUT2D eigenvalue weighted by atomic mass is 127. The van der Waals surface area contributed by atoms with E-state index >= 15 is 0 Å². The summed E-state index contributed by atoms with van der Waals surface area (Å²) in [5.74, 6) is 0.195. The minimum atomic E-state index is -0.822. The van der Waals surface area contributed by atoms with Gasteiger partial charge in [0, 0.05) is 36.4 Å². The number of fused-ring (bicyclic) bond motifs is 1. The standard InChI is InChI=1S/C20H23F2N3O3.HI/c1-20(2,28-16-9-13(21)8-14(22)10-16)12-24-19(23)25-15-4-5-17-18(11-15)27-7-3-6-26-17;/h4-5,8-11H,3,6-7,12H2,1-2H3,(H3,23,24,25);1H. The molecule has 0 atom stereocenters. The van der Waals surface area contributed by atoms with Gasteiger partial charge < -0.3 is 25.3 Å². The molecular formula is C20H24F2IN3O3. The normalized spacial score (nSPS) is 13.9. The van der Waals surface area contributed by atoms with E-state index in [1.54, 1.807) is 19.9 Å². The number of ether oxygens (including phenoxy) is 3. The number of nitrogens with two attached hydrogens (primary N) is 1. The highest BCUT2D eigenvalue weighted by molar-refractivity contribution is 14.0. The van der Waals surface area contributed by atoms with Crippen molar-refractivity contribution in [2.24, 2.45) is 10.7 Å². The Labute approximate surface area is 185 Å². The van der Waals surface area contributed by atoms with Gasteiger partial charge in [-0.2, -0.15) is 0 Å². The molecule has 2 aromatic rings. The van der Waals surface area contributed by atoms with Crippen LogP contribution in [-0.4, -0.2) is 31.3 Å². The van der Waals surface area contributed by atoms with Crippen LogP contribution in [0.1, 0.15) is 20.3 Å². The Balaban J connectivity index is 0.00000300. The molecule has 9 heteroatoms. The van der Waals surface area contributed by atoms with Crippen LogP contribution in [0, 0.1) is 11.6 Å². The first-order valence-electron chi connectivity index (χ1n) is 8.92. The number of rotatable bonds is 5. The van der Waals surface area contributed by atoms with Gasteiger partial charge in [-0.25, -0.2) is 13.8 Å². The Morgan fingerprint density at radius 1 is 1.10 bits per heavy atom. The molecule has 0 aromatic heterocycles. The first kappa shape index (κ1) is 23.0. The van der Waals surface area contributed by atoms with Crippen LogP contribution in [0.15, 0.2) is 41.4 Å². The molecule has 0 spiro atoms. The summed E-state index contributed by atoms with van der Waals surface area (Å²) >= 11 is 0. The molecule has 158 valence electrons. The summed E-state index contributed by atoms with van der Waals surface area (Å²) in [6.45, 7) is 4.88. The van der Waals surface area contributed by atoms with Gasteiger partial charge in [-0.05, 0) is 26.0 Å². The zero-order valence-corrected chi connectivity index (χ0v) is 18.5. The fourth-order valence-electron chi connectivity index (χ4n) is 2.64. The molecule has 0 aliphatic carbocycles. The van der Waals surface area contributed by atoms with Crippen molar-refractivity contribution in [1.29, 1.82) is 0 Å². The van der Waals surface area contributed by atoms with Gasteiger partial charge in [0.05, 0.1) is 19.8 Å². The zero-order chi connectivity index (χ0) is 20.1. The van der Waals surface area contributed by atoms with E-state index < -0.39 is 17.2 Å². The molecule has 0 bridgehead atoms. The molecule has 6 nitrogen and oxygen atoms in total. The van der Waals surface area contributed by atoms with E-state index in [4.69, 9.17) is 19.9 Å². The maximum Gasteiger partial charge on any atom is 0.193 e. The van der Waals surface area contributed by atoms with Crippen LogP contribution in [0.3, 0.4) is 0 Å². The Bertz CT molecular complexity index is 858. The lowest BCUT2D eigenvalue weighted by Gasteiger charge is -2.25. The second-order valence-corrected chi connectivity index (χ2v) is 7.01. The molecule has 0 unspecified atom stereocenters. The van der Waals surface area contributed by atoms with Gasteiger partial charge in [0.15, 0.2) is 17.5 Å². The first-order chi connectivity index (χ1) is 13.3. The van der Waals surface area contributed by atoms with E-state index in [1.807, 2.05) is 12.1 Å². The van der Waals surface area contributed by atoms with Crippen LogP contribution in [0.4, 0.5) is 14.5 Å². The number of benzene rings is 2. The number of hydrogen-bond acceptors (Lipinski definition) is 4. The van der Waals surface area contributed by atoms with Crippen molar-refractivity contribution in [3.8, 4) is 17.2 Å². The fraction of sp³-hybridized carbons (Fsp3) is 0.350. The third kappa shape index (κ3) is 6.91. The Morgan fingerprint density at radius 2 is 1.76 bits per heavy atom. The van der Waals surface area contributed by atoms with Crippen molar-refractivity contribution in [3.63, 3.8) is 0 Å². The third-order valence-electron chi connectivity index (χ3n) is 3.88. The lowest BCUT2D eigenvalue weighted by molar-refractivity contribution is 0.118. The number of halogens is 3. The molecule has 29 heavy (non-hydrogen) atoms. The second-order valence-electron chi connectivity index (χ2n) is 7.01. The lowest BCUT2D eigenvalue weighted by Crippen LogP contribution is -2.34. The van der Waals surface area contributed by atoms with Crippen molar-refractivity contribution in [2.45, 2.75) is 25.9 Å². The van der Waals surface area contributed by atoms with Crippen LogP contribution in [0.5, 0.6) is 17.2 Å². The summed E-state index contributed by atoms with van der Waals surface area (Å²) in [6, 6.07) is 8.44. The van der Waals surface area contributed by atoms with Crippen molar-refractivity contribution in [2.75, 3.05) is 25.1 Å². The molecule has 1 heterocycles. The smallest absolute Gasteiger partial charge is 0.193 e. The van der Waals surface area contributed by atoms with Crippen LogP contribution in [-0.2, 0) is 0 Å². The molecule has 3 N–H and O–H groups in total. The molecule has 0 amide bonds. The lowest BCUT2D eigenvalue weighted by atomic mass is 10.1. The van der Waals surface area contributed by atoms with Gasteiger partial charge in [-0.1, -0.05) is 0 Å². The molecule has 1 aliphatic rings. The third-order valence-corrected chi connectivity index (χ3v) is 3.88. The summed E-state index contributed by atoms with van der Waals surface area (Å²) in [7, 11) is 0. The molecule has 0 saturated heterocycles. The molecule has 1 aliphatic heterocycles. The molecule has 0 radical (unpaired) electrons. The highest BCUT2D eigenvalue weighted by Gasteiger charge is 2.20. The van der Waals surface area contributed by atoms with Crippen molar-refractivity contribution in [3.05, 3.63) is 48.0 Å². The van der Waals surface area contributed by atoms with Crippen LogP contribution in [0.25, 0.3) is 0 Å². The quantitative estimate of drug-likeness (QED) is 0.350. The second kappa shape index (κ2) is 9.95. The Kier molecular flexibility index (Phi) is 7.88. The fourth-order valence-corrected chi connectivity index (χ4v) is 2.64. The van der Waals surface area contributed by atoms with E-state index in [2.05, 4.69) is 10.3 Å². The number of nitrogens with one attached hydrogen (secondary N) is 1. The van der Waals surface area contributed by atoms with Gasteiger partial charge in [0.25, 0.3) is 0 Å². The average Bonchev–Trinajstić information content (AvgIpc) is 2.84. The monoisotopic (exact) mass is 519 g/mol. The predicted molar refractivity (Wildman–Crippen MR) is 119 cm³/mol. The van der Waals surface area contributed by atoms with Crippen molar-refractivity contribution >= 4 is 35.6 Å². The first-order valence-corrected chi connectivity index (χ1v) is 8.92.